The molecule has 1 amide bonds. The van der Waals surface area contributed by atoms with Gasteiger partial charge in [0, 0.05) is 17.6 Å². The monoisotopic (exact) mass is 353 g/mol. The first kappa shape index (κ1) is 17.5. The first-order chi connectivity index (χ1) is 12.6. The fourth-order valence-corrected chi connectivity index (χ4v) is 2.53. The average Bonchev–Trinajstić information content (AvgIpc) is 2.65. The number of nitrogens with zero attached hydrogens (tertiary/aromatic N) is 1. The molecule has 0 saturated heterocycles. The second-order valence-corrected chi connectivity index (χ2v) is 5.62. The zero-order chi connectivity index (χ0) is 18.5. The second-order valence-electron chi connectivity index (χ2n) is 5.62. The molecule has 0 spiro atoms. The number of hydrogen-bond acceptors (Lipinski definition) is 3. The SMILES string of the molecule is CCc1ccccc1Nc1ccnc(C(=O)Nc2c(F)cccc2F)c1. The predicted molar refractivity (Wildman–Crippen MR) is 97.7 cm³/mol. The smallest absolute Gasteiger partial charge is 0.274 e. The summed E-state index contributed by atoms with van der Waals surface area (Å²) in [6.07, 6.45) is 2.32. The molecular weight excluding hydrogens is 336 g/mol. The van der Waals surface area contributed by atoms with Crippen molar-refractivity contribution >= 4 is 23.0 Å². The third-order valence-corrected chi connectivity index (χ3v) is 3.87. The van der Waals surface area contributed by atoms with E-state index in [4.69, 9.17) is 0 Å². The summed E-state index contributed by atoms with van der Waals surface area (Å²) in [5, 5.41) is 5.47. The number of rotatable bonds is 5. The van der Waals surface area contributed by atoms with Crippen LogP contribution in [-0.2, 0) is 6.42 Å². The molecular formula is C20H17F2N3O. The lowest BCUT2D eigenvalue weighted by Gasteiger charge is -2.12. The Bertz CT molecular complexity index is 924. The zero-order valence-electron chi connectivity index (χ0n) is 14.1. The molecule has 0 saturated carbocycles. The largest absolute Gasteiger partial charge is 0.355 e. The molecule has 0 aliphatic rings. The minimum Gasteiger partial charge on any atom is -0.355 e. The molecule has 0 unspecified atom stereocenters. The van der Waals surface area contributed by atoms with Gasteiger partial charge in [-0.05, 0) is 42.3 Å². The van der Waals surface area contributed by atoms with Gasteiger partial charge >= 0.3 is 0 Å². The van der Waals surface area contributed by atoms with E-state index in [2.05, 4.69) is 22.5 Å². The minimum atomic E-state index is -0.843. The van der Waals surface area contributed by atoms with E-state index in [9.17, 15) is 13.6 Å². The molecule has 0 radical (unpaired) electrons. The van der Waals surface area contributed by atoms with E-state index in [-0.39, 0.29) is 5.69 Å². The van der Waals surface area contributed by atoms with Gasteiger partial charge in [-0.3, -0.25) is 9.78 Å². The number of carbonyl (C=O) groups excluding carboxylic acids is 1. The zero-order valence-corrected chi connectivity index (χ0v) is 14.1. The van der Waals surface area contributed by atoms with Crippen LogP contribution in [0.15, 0.2) is 60.8 Å². The van der Waals surface area contributed by atoms with Crippen molar-refractivity contribution in [1.29, 1.82) is 0 Å². The van der Waals surface area contributed by atoms with Gasteiger partial charge in [-0.25, -0.2) is 8.78 Å². The summed E-state index contributed by atoms with van der Waals surface area (Å²) < 4.78 is 27.4. The molecule has 2 aromatic carbocycles. The van der Waals surface area contributed by atoms with E-state index in [0.717, 1.165) is 29.8 Å². The van der Waals surface area contributed by atoms with Gasteiger partial charge in [0.2, 0.25) is 0 Å². The van der Waals surface area contributed by atoms with Crippen LogP contribution >= 0.6 is 0 Å². The van der Waals surface area contributed by atoms with Crippen LogP contribution in [0.3, 0.4) is 0 Å². The van der Waals surface area contributed by atoms with Crippen molar-refractivity contribution in [2.45, 2.75) is 13.3 Å². The number of amides is 1. The Hall–Kier alpha value is -3.28. The van der Waals surface area contributed by atoms with Gasteiger partial charge in [-0.1, -0.05) is 31.2 Å². The number of carbonyl (C=O) groups is 1. The first-order valence-corrected chi connectivity index (χ1v) is 8.15. The Morgan fingerprint density at radius 2 is 1.77 bits per heavy atom. The standard InChI is InChI=1S/C20H17F2N3O/c1-2-13-6-3-4-9-17(13)24-14-10-11-23-18(12-14)20(26)25-19-15(21)7-5-8-16(19)22/h3-12H,2H2,1H3,(H,23,24)(H,25,26). The molecule has 26 heavy (non-hydrogen) atoms. The lowest BCUT2D eigenvalue weighted by molar-refractivity contribution is 0.102. The Kier molecular flexibility index (Phi) is 5.22. The number of halogens is 2. The highest BCUT2D eigenvalue weighted by atomic mass is 19.1. The van der Waals surface area contributed by atoms with Gasteiger partial charge in [0.05, 0.1) is 0 Å². The summed E-state index contributed by atoms with van der Waals surface area (Å²) in [5.41, 5.74) is 2.26. The van der Waals surface area contributed by atoms with Gasteiger partial charge in [0.25, 0.3) is 5.91 Å². The van der Waals surface area contributed by atoms with Crippen molar-refractivity contribution in [3.63, 3.8) is 0 Å². The van der Waals surface area contributed by atoms with Crippen LogP contribution < -0.4 is 10.6 Å². The summed E-state index contributed by atoms with van der Waals surface area (Å²) in [7, 11) is 0. The van der Waals surface area contributed by atoms with Gasteiger partial charge < -0.3 is 10.6 Å². The third-order valence-electron chi connectivity index (χ3n) is 3.87. The molecule has 0 aliphatic carbocycles. The van der Waals surface area contributed by atoms with E-state index in [1.165, 1.54) is 18.3 Å². The Balaban J connectivity index is 1.82. The van der Waals surface area contributed by atoms with Crippen molar-refractivity contribution in [3.8, 4) is 0 Å². The maximum atomic E-state index is 13.7. The minimum absolute atomic E-state index is 0.0478. The van der Waals surface area contributed by atoms with E-state index in [0.29, 0.717) is 5.69 Å². The Morgan fingerprint density at radius 3 is 2.50 bits per heavy atom. The van der Waals surface area contributed by atoms with E-state index in [1.807, 2.05) is 24.3 Å². The average molecular weight is 353 g/mol. The fourth-order valence-electron chi connectivity index (χ4n) is 2.53. The molecule has 2 N–H and O–H groups in total. The number of hydrogen-bond donors (Lipinski definition) is 2. The van der Waals surface area contributed by atoms with Gasteiger partial charge in [0.15, 0.2) is 0 Å². The molecule has 0 aliphatic heterocycles. The number of aryl methyl sites for hydroxylation is 1. The van der Waals surface area contributed by atoms with Crippen LogP contribution in [0.1, 0.15) is 23.0 Å². The van der Waals surface area contributed by atoms with Crippen molar-refractivity contribution < 1.29 is 13.6 Å². The summed E-state index contributed by atoms with van der Waals surface area (Å²) in [4.78, 5) is 16.3. The molecule has 3 rings (SSSR count). The normalized spacial score (nSPS) is 10.4. The predicted octanol–water partition coefficient (Wildman–Crippen LogP) is 4.92. The van der Waals surface area contributed by atoms with E-state index < -0.39 is 23.2 Å². The molecule has 6 heteroatoms. The molecule has 1 heterocycles. The lowest BCUT2D eigenvalue weighted by Crippen LogP contribution is -2.16. The van der Waals surface area contributed by atoms with Crippen LogP contribution in [0.5, 0.6) is 0 Å². The fraction of sp³-hybridized carbons (Fsp3) is 0.100. The molecule has 132 valence electrons. The number of benzene rings is 2. The lowest BCUT2D eigenvalue weighted by atomic mass is 10.1. The molecule has 4 nitrogen and oxygen atoms in total. The molecule has 1 aromatic heterocycles. The highest BCUT2D eigenvalue weighted by Gasteiger charge is 2.15. The number of anilines is 3. The second kappa shape index (κ2) is 7.74. The summed E-state index contributed by atoms with van der Waals surface area (Å²) in [6.45, 7) is 2.05. The molecule has 0 fully saturated rings. The van der Waals surface area contributed by atoms with Crippen LogP contribution in [0, 0.1) is 11.6 Å². The summed E-state index contributed by atoms with van der Waals surface area (Å²) >= 11 is 0. The van der Waals surface area contributed by atoms with Crippen molar-refractivity contribution in [2.75, 3.05) is 10.6 Å². The van der Waals surface area contributed by atoms with Crippen LogP contribution in [0.2, 0.25) is 0 Å². The molecule has 0 atom stereocenters. The Labute approximate surface area is 149 Å². The van der Waals surface area contributed by atoms with E-state index >= 15 is 0 Å². The van der Waals surface area contributed by atoms with Gasteiger partial charge in [-0.2, -0.15) is 0 Å². The summed E-state index contributed by atoms with van der Waals surface area (Å²) in [5.74, 6) is -2.38. The third kappa shape index (κ3) is 3.85. The number of para-hydroxylation sites is 2. The van der Waals surface area contributed by atoms with Crippen LogP contribution in [0.25, 0.3) is 0 Å². The highest BCUT2D eigenvalue weighted by molar-refractivity contribution is 6.03. The first-order valence-electron chi connectivity index (χ1n) is 8.15. The van der Waals surface area contributed by atoms with Crippen LogP contribution in [0.4, 0.5) is 25.8 Å². The maximum absolute atomic E-state index is 13.7. The quantitative estimate of drug-likeness (QED) is 0.685. The number of pyridine rings is 1. The van der Waals surface area contributed by atoms with Crippen molar-refractivity contribution in [3.05, 3.63) is 83.7 Å². The number of nitrogens with one attached hydrogen (secondary N) is 2. The van der Waals surface area contributed by atoms with Crippen LogP contribution in [-0.4, -0.2) is 10.9 Å². The molecule has 0 bridgehead atoms. The highest BCUT2D eigenvalue weighted by Crippen LogP contribution is 2.22. The van der Waals surface area contributed by atoms with Crippen molar-refractivity contribution in [1.82, 2.24) is 4.98 Å². The molecule has 3 aromatic rings. The topological polar surface area (TPSA) is 54.0 Å². The van der Waals surface area contributed by atoms with Gasteiger partial charge in [0.1, 0.15) is 23.0 Å². The van der Waals surface area contributed by atoms with Gasteiger partial charge in [-0.15, -0.1) is 0 Å². The number of aromatic nitrogens is 1. The van der Waals surface area contributed by atoms with Crippen molar-refractivity contribution in [2.24, 2.45) is 0 Å². The Morgan fingerprint density at radius 1 is 1.04 bits per heavy atom. The maximum Gasteiger partial charge on any atom is 0.274 e. The van der Waals surface area contributed by atoms with E-state index in [1.54, 1.807) is 6.07 Å². The summed E-state index contributed by atoms with van der Waals surface area (Å²) in [6, 6.07) is 14.4.